The van der Waals surface area contributed by atoms with Crippen LogP contribution in [0, 0.1) is 11.3 Å². The highest BCUT2D eigenvalue weighted by molar-refractivity contribution is 5.82. The van der Waals surface area contributed by atoms with Crippen LogP contribution in [0.5, 0.6) is 0 Å². The first-order valence-electron chi connectivity index (χ1n) is 5.84. The summed E-state index contributed by atoms with van der Waals surface area (Å²) in [6.07, 6.45) is 0. The Labute approximate surface area is 106 Å². The topological polar surface area (TPSA) is 74.7 Å². The Balaban J connectivity index is 2.53. The van der Waals surface area contributed by atoms with Crippen LogP contribution in [0.2, 0.25) is 0 Å². The number of pyridine rings is 1. The van der Waals surface area contributed by atoms with Gasteiger partial charge in [-0.05, 0) is 26.0 Å². The van der Waals surface area contributed by atoms with Gasteiger partial charge in [-0.25, -0.2) is 4.98 Å². The molecule has 0 atom stereocenters. The zero-order valence-corrected chi connectivity index (χ0v) is 10.6. The first-order valence-corrected chi connectivity index (χ1v) is 5.84. The Morgan fingerprint density at radius 2 is 2.11 bits per heavy atom. The Hall–Kier alpha value is -2.12. The highest BCUT2D eigenvalue weighted by atomic mass is 15.1. The van der Waals surface area contributed by atoms with Gasteiger partial charge in [-0.1, -0.05) is 18.2 Å². The molecule has 92 valence electrons. The van der Waals surface area contributed by atoms with Crippen molar-refractivity contribution < 1.29 is 0 Å². The van der Waals surface area contributed by atoms with Gasteiger partial charge in [0.25, 0.3) is 0 Å². The van der Waals surface area contributed by atoms with Crippen LogP contribution in [0.4, 0.5) is 5.82 Å². The number of nitrogens with two attached hydrogens (primary N) is 1. The molecule has 0 spiro atoms. The van der Waals surface area contributed by atoms with E-state index in [0.717, 1.165) is 10.9 Å². The molecule has 3 N–H and O–H groups in total. The summed E-state index contributed by atoms with van der Waals surface area (Å²) in [4.78, 5) is 4.49. The fourth-order valence-electron chi connectivity index (χ4n) is 1.67. The van der Waals surface area contributed by atoms with Crippen molar-refractivity contribution in [3.05, 3.63) is 35.9 Å². The summed E-state index contributed by atoms with van der Waals surface area (Å²) < 4.78 is 0. The van der Waals surface area contributed by atoms with E-state index in [1.165, 1.54) is 0 Å². The summed E-state index contributed by atoms with van der Waals surface area (Å²) >= 11 is 0. The molecule has 0 aliphatic heterocycles. The third-order valence-electron chi connectivity index (χ3n) is 2.81. The maximum atomic E-state index is 9.19. The van der Waals surface area contributed by atoms with Crippen molar-refractivity contribution in [3.8, 4) is 6.07 Å². The molecule has 0 amide bonds. The minimum atomic E-state index is -0.291. The third kappa shape index (κ3) is 2.41. The van der Waals surface area contributed by atoms with Crippen molar-refractivity contribution >= 4 is 16.7 Å². The van der Waals surface area contributed by atoms with E-state index in [4.69, 9.17) is 5.73 Å². The minimum absolute atomic E-state index is 0.291. The summed E-state index contributed by atoms with van der Waals surface area (Å²) in [7, 11) is 0. The Bertz CT molecular complexity index is 611. The monoisotopic (exact) mass is 240 g/mol. The molecule has 1 aromatic heterocycles. The standard InChI is InChI=1S/C14H16N4/c1-14(2,9-16)18-13-11(8-15)7-10-5-3-4-6-12(10)17-13/h3-7H,9,16H2,1-2H3,(H,17,18). The number of nitriles is 1. The Morgan fingerprint density at radius 3 is 2.78 bits per heavy atom. The first kappa shape index (κ1) is 12.3. The van der Waals surface area contributed by atoms with E-state index in [1.54, 1.807) is 0 Å². The van der Waals surface area contributed by atoms with E-state index in [0.29, 0.717) is 17.9 Å². The number of rotatable bonds is 3. The lowest BCUT2D eigenvalue weighted by Gasteiger charge is -2.25. The van der Waals surface area contributed by atoms with Gasteiger partial charge < -0.3 is 11.1 Å². The van der Waals surface area contributed by atoms with Crippen LogP contribution in [0.25, 0.3) is 10.9 Å². The molecule has 0 fully saturated rings. The van der Waals surface area contributed by atoms with Crippen LogP contribution in [-0.4, -0.2) is 17.1 Å². The quantitative estimate of drug-likeness (QED) is 0.863. The average Bonchev–Trinajstić information content (AvgIpc) is 2.37. The number of benzene rings is 1. The molecule has 2 rings (SSSR count). The van der Waals surface area contributed by atoms with Gasteiger partial charge in [0, 0.05) is 17.5 Å². The number of hydrogen-bond acceptors (Lipinski definition) is 4. The van der Waals surface area contributed by atoms with Crippen LogP contribution in [0.1, 0.15) is 19.4 Å². The maximum absolute atomic E-state index is 9.19. The molecule has 0 radical (unpaired) electrons. The average molecular weight is 240 g/mol. The van der Waals surface area contributed by atoms with E-state index < -0.39 is 0 Å². The second kappa shape index (κ2) is 4.63. The van der Waals surface area contributed by atoms with E-state index >= 15 is 0 Å². The molecule has 0 unspecified atom stereocenters. The van der Waals surface area contributed by atoms with Crippen LogP contribution in [0.3, 0.4) is 0 Å². The smallest absolute Gasteiger partial charge is 0.145 e. The van der Waals surface area contributed by atoms with Crippen LogP contribution in [0.15, 0.2) is 30.3 Å². The van der Waals surface area contributed by atoms with E-state index in [-0.39, 0.29) is 5.54 Å². The second-order valence-electron chi connectivity index (χ2n) is 4.90. The van der Waals surface area contributed by atoms with Crippen molar-refractivity contribution in [2.24, 2.45) is 5.73 Å². The molecular formula is C14H16N4. The van der Waals surface area contributed by atoms with Gasteiger partial charge in [-0.15, -0.1) is 0 Å². The highest BCUT2D eigenvalue weighted by Crippen LogP contribution is 2.22. The van der Waals surface area contributed by atoms with Crippen molar-refractivity contribution in [2.45, 2.75) is 19.4 Å². The lowest BCUT2D eigenvalue weighted by molar-refractivity contribution is 0.577. The summed E-state index contributed by atoms with van der Waals surface area (Å²) in [5.74, 6) is 0.589. The largest absolute Gasteiger partial charge is 0.363 e. The number of nitrogens with zero attached hydrogens (tertiary/aromatic N) is 2. The predicted molar refractivity (Wildman–Crippen MR) is 73.2 cm³/mol. The highest BCUT2D eigenvalue weighted by Gasteiger charge is 2.18. The van der Waals surface area contributed by atoms with Crippen LogP contribution >= 0.6 is 0 Å². The van der Waals surface area contributed by atoms with Crippen molar-refractivity contribution in [3.63, 3.8) is 0 Å². The number of anilines is 1. The molecule has 18 heavy (non-hydrogen) atoms. The predicted octanol–water partition coefficient (Wildman–Crippen LogP) is 2.26. The number of aromatic nitrogens is 1. The number of hydrogen-bond donors (Lipinski definition) is 2. The molecule has 0 aliphatic rings. The summed E-state index contributed by atoms with van der Waals surface area (Å²) in [5, 5.41) is 13.4. The summed E-state index contributed by atoms with van der Waals surface area (Å²) in [5.41, 5.74) is 6.80. The van der Waals surface area contributed by atoms with E-state index in [9.17, 15) is 5.26 Å². The number of fused-ring (bicyclic) bond motifs is 1. The summed E-state index contributed by atoms with van der Waals surface area (Å²) in [6.45, 7) is 4.42. The van der Waals surface area contributed by atoms with Crippen LogP contribution < -0.4 is 11.1 Å². The Morgan fingerprint density at radius 1 is 1.39 bits per heavy atom. The van der Waals surface area contributed by atoms with Crippen LogP contribution in [-0.2, 0) is 0 Å². The lowest BCUT2D eigenvalue weighted by Crippen LogP contribution is -2.39. The van der Waals surface area contributed by atoms with Gasteiger partial charge in [0.05, 0.1) is 11.1 Å². The zero-order chi connectivity index (χ0) is 13.2. The molecule has 0 saturated carbocycles. The first-order chi connectivity index (χ1) is 8.55. The second-order valence-corrected chi connectivity index (χ2v) is 4.90. The fourth-order valence-corrected chi connectivity index (χ4v) is 1.67. The molecule has 0 saturated heterocycles. The molecule has 0 aliphatic carbocycles. The van der Waals surface area contributed by atoms with Gasteiger partial charge in [-0.3, -0.25) is 0 Å². The molecular weight excluding hydrogens is 224 g/mol. The minimum Gasteiger partial charge on any atom is -0.363 e. The third-order valence-corrected chi connectivity index (χ3v) is 2.81. The maximum Gasteiger partial charge on any atom is 0.145 e. The summed E-state index contributed by atoms with van der Waals surface area (Å²) in [6, 6.07) is 11.7. The Kier molecular flexibility index (Phi) is 3.17. The molecule has 4 nitrogen and oxygen atoms in total. The van der Waals surface area contributed by atoms with Gasteiger partial charge in [-0.2, -0.15) is 5.26 Å². The number of nitrogens with one attached hydrogen (secondary N) is 1. The van der Waals surface area contributed by atoms with Gasteiger partial charge in [0.2, 0.25) is 0 Å². The van der Waals surface area contributed by atoms with Gasteiger partial charge in [0.1, 0.15) is 11.9 Å². The van der Waals surface area contributed by atoms with Crippen molar-refractivity contribution in [1.29, 1.82) is 5.26 Å². The van der Waals surface area contributed by atoms with Gasteiger partial charge in [0.15, 0.2) is 0 Å². The molecule has 4 heteroatoms. The SMILES string of the molecule is CC(C)(CN)Nc1nc2ccccc2cc1C#N. The van der Waals surface area contributed by atoms with Crippen molar-refractivity contribution in [2.75, 3.05) is 11.9 Å². The van der Waals surface area contributed by atoms with Gasteiger partial charge >= 0.3 is 0 Å². The van der Waals surface area contributed by atoms with E-state index in [2.05, 4.69) is 16.4 Å². The zero-order valence-electron chi connectivity index (χ0n) is 10.6. The molecule has 0 bridgehead atoms. The van der Waals surface area contributed by atoms with Crippen molar-refractivity contribution in [1.82, 2.24) is 4.98 Å². The number of para-hydroxylation sites is 1. The fraction of sp³-hybridized carbons (Fsp3) is 0.286. The van der Waals surface area contributed by atoms with E-state index in [1.807, 2.05) is 44.2 Å². The molecule has 2 aromatic rings. The molecule has 1 aromatic carbocycles. The molecule has 1 heterocycles. The lowest BCUT2D eigenvalue weighted by atomic mass is 10.1. The normalized spacial score (nSPS) is 11.2.